The topological polar surface area (TPSA) is 37.5 Å². The zero-order valence-electron chi connectivity index (χ0n) is 9.52. The summed E-state index contributed by atoms with van der Waals surface area (Å²) in [6.45, 7) is 0. The largest absolute Gasteiger partial charge is 0.345 e. The molecule has 0 bridgehead atoms. The molecule has 0 aliphatic rings. The second-order valence-electron chi connectivity index (χ2n) is 3.79. The minimum Gasteiger partial charge on any atom is -0.137 e. The van der Waals surface area contributed by atoms with Crippen molar-refractivity contribution in [3.8, 4) is 11.4 Å². The van der Waals surface area contributed by atoms with Crippen LogP contribution in [-0.4, -0.2) is 15.0 Å². The van der Waals surface area contributed by atoms with Crippen LogP contribution in [0.5, 0.6) is 0 Å². The van der Waals surface area contributed by atoms with E-state index in [4.69, 9.17) is 12.2 Å². The lowest BCUT2D eigenvalue weighted by Crippen LogP contribution is -2.43. The molecule has 4 nitrogen and oxygen atoms in total. The van der Waals surface area contributed by atoms with Crippen LogP contribution in [0.25, 0.3) is 11.4 Å². The predicted octanol–water partition coefficient (Wildman–Crippen LogP) is 2.21. The minimum atomic E-state index is 0.447. The molecule has 0 aliphatic carbocycles. The Bertz CT molecular complexity index is 641. The molecule has 0 amide bonds. The molecule has 0 fully saturated rings. The predicted molar refractivity (Wildman–Crippen MR) is 70.3 cm³/mol. The van der Waals surface area contributed by atoms with E-state index in [-0.39, 0.29) is 0 Å². The molecule has 3 aromatic rings. The maximum absolute atomic E-state index is 5.11. The summed E-state index contributed by atoms with van der Waals surface area (Å²) < 4.78 is 0.447. The average molecular weight is 255 g/mol. The van der Waals surface area contributed by atoms with Crippen LogP contribution in [0.2, 0.25) is 0 Å². The summed E-state index contributed by atoms with van der Waals surface area (Å²) in [6.07, 6.45) is 0. The molecule has 1 heterocycles. The van der Waals surface area contributed by atoms with Gasteiger partial charge in [0.1, 0.15) is 5.69 Å². The average Bonchev–Trinajstić information content (AvgIpc) is 2.83. The lowest BCUT2D eigenvalue weighted by Gasteiger charge is -2.00. The summed E-state index contributed by atoms with van der Waals surface area (Å²) in [5, 5.41) is 7.34. The van der Waals surface area contributed by atoms with Crippen molar-refractivity contribution in [1.82, 2.24) is 15.0 Å². The molecule has 1 N–H and O–H groups in total. The lowest BCUT2D eigenvalue weighted by atomic mass is 10.3. The van der Waals surface area contributed by atoms with E-state index in [0.717, 1.165) is 11.4 Å². The zero-order valence-corrected chi connectivity index (χ0v) is 10.3. The van der Waals surface area contributed by atoms with Gasteiger partial charge >= 0.3 is 4.77 Å². The van der Waals surface area contributed by atoms with Crippen molar-refractivity contribution in [2.45, 2.75) is 0 Å². The van der Waals surface area contributed by atoms with Gasteiger partial charge in [-0.3, -0.25) is 0 Å². The molecular weight excluding hydrogens is 244 g/mol. The number of rotatable bonds is 2. The van der Waals surface area contributed by atoms with Crippen LogP contribution in [0.1, 0.15) is 0 Å². The molecule has 88 valence electrons. The molecule has 0 spiro atoms. The van der Waals surface area contributed by atoms with Gasteiger partial charge in [-0.15, -0.1) is 5.10 Å². The van der Waals surface area contributed by atoms with Crippen LogP contribution in [0.3, 0.4) is 0 Å². The Labute approximate surface area is 109 Å². The first-order valence-electron chi connectivity index (χ1n) is 5.57. The first-order chi connectivity index (χ1) is 8.84. The monoisotopic (exact) mass is 255 g/mol. The van der Waals surface area contributed by atoms with E-state index >= 15 is 0 Å². The standard InChI is InChI=1S/C13H10N4S/c18-13-14-16(11-7-3-1-4-8-11)17(15-13)12-9-5-2-6-10-12/h1-10H/p+1. The molecule has 0 radical (unpaired) electrons. The van der Waals surface area contributed by atoms with Crippen LogP contribution in [0, 0.1) is 4.77 Å². The lowest BCUT2D eigenvalue weighted by molar-refractivity contribution is -0.735. The first-order valence-corrected chi connectivity index (χ1v) is 5.98. The molecule has 5 heteroatoms. The van der Waals surface area contributed by atoms with E-state index in [9.17, 15) is 0 Å². The summed E-state index contributed by atoms with van der Waals surface area (Å²) in [5.41, 5.74) is 1.93. The Morgan fingerprint density at radius 1 is 0.944 bits per heavy atom. The quantitative estimate of drug-likeness (QED) is 0.563. The van der Waals surface area contributed by atoms with Crippen molar-refractivity contribution in [1.29, 1.82) is 0 Å². The van der Waals surface area contributed by atoms with Gasteiger partial charge in [0, 0.05) is 5.10 Å². The van der Waals surface area contributed by atoms with Gasteiger partial charge in [0.15, 0.2) is 5.69 Å². The highest BCUT2D eigenvalue weighted by atomic mass is 32.1. The van der Waals surface area contributed by atoms with Crippen molar-refractivity contribution in [2.24, 2.45) is 0 Å². The number of nitrogens with zero attached hydrogens (tertiary/aromatic N) is 3. The van der Waals surface area contributed by atoms with Gasteiger partial charge in [0.2, 0.25) is 0 Å². The number of hydrogen-bond donors (Lipinski definition) is 1. The van der Waals surface area contributed by atoms with Gasteiger partial charge in [-0.25, -0.2) is 0 Å². The smallest absolute Gasteiger partial charge is 0.137 e. The highest BCUT2D eigenvalue weighted by Crippen LogP contribution is 2.03. The number of H-pyrrole nitrogens is 1. The Morgan fingerprint density at radius 2 is 1.56 bits per heavy atom. The third kappa shape index (κ3) is 1.96. The van der Waals surface area contributed by atoms with Crippen LogP contribution >= 0.6 is 12.2 Å². The van der Waals surface area contributed by atoms with Crippen LogP contribution in [-0.2, 0) is 0 Å². The number of tetrazole rings is 1. The maximum atomic E-state index is 5.11. The van der Waals surface area contributed by atoms with E-state index in [2.05, 4.69) is 10.2 Å². The molecule has 1 aromatic heterocycles. The summed E-state index contributed by atoms with van der Waals surface area (Å²) in [4.78, 5) is 3.56. The number of para-hydroxylation sites is 2. The summed E-state index contributed by atoms with van der Waals surface area (Å²) in [5.74, 6) is 0. The SMILES string of the molecule is S=c1n[n+](-c2ccccc2)n(-c2ccccc2)[nH]1. The normalized spacial score (nSPS) is 10.4. The molecular formula is C13H11N4S+. The molecule has 2 aromatic carbocycles. The minimum absolute atomic E-state index is 0.447. The maximum Gasteiger partial charge on any atom is 0.345 e. The van der Waals surface area contributed by atoms with Crippen molar-refractivity contribution < 1.29 is 4.80 Å². The van der Waals surface area contributed by atoms with Crippen LogP contribution in [0.15, 0.2) is 60.7 Å². The Morgan fingerprint density at radius 3 is 2.22 bits per heavy atom. The molecule has 18 heavy (non-hydrogen) atoms. The van der Waals surface area contributed by atoms with Crippen LogP contribution in [0.4, 0.5) is 0 Å². The van der Waals surface area contributed by atoms with Crippen LogP contribution < -0.4 is 4.80 Å². The number of aromatic nitrogens is 4. The molecule has 0 saturated carbocycles. The van der Waals surface area contributed by atoms with Crippen molar-refractivity contribution in [3.63, 3.8) is 0 Å². The fourth-order valence-electron chi connectivity index (χ4n) is 1.77. The first kappa shape index (κ1) is 10.9. The third-order valence-electron chi connectivity index (χ3n) is 2.56. The molecule has 0 aliphatic heterocycles. The van der Waals surface area contributed by atoms with E-state index < -0.39 is 0 Å². The van der Waals surface area contributed by atoms with Gasteiger partial charge in [-0.1, -0.05) is 36.4 Å². The van der Waals surface area contributed by atoms with E-state index in [1.54, 1.807) is 4.80 Å². The number of hydrogen-bond acceptors (Lipinski definition) is 2. The second kappa shape index (κ2) is 4.54. The molecule has 0 atom stereocenters. The van der Waals surface area contributed by atoms with E-state index in [1.165, 1.54) is 0 Å². The second-order valence-corrected chi connectivity index (χ2v) is 4.18. The van der Waals surface area contributed by atoms with Crippen molar-refractivity contribution in [2.75, 3.05) is 0 Å². The van der Waals surface area contributed by atoms with Gasteiger partial charge in [0.05, 0.1) is 0 Å². The zero-order chi connectivity index (χ0) is 12.4. The summed E-state index contributed by atoms with van der Waals surface area (Å²) >= 11 is 5.11. The van der Waals surface area contributed by atoms with Gasteiger partial charge in [0.25, 0.3) is 0 Å². The Kier molecular flexibility index (Phi) is 2.74. The van der Waals surface area contributed by atoms with E-state index in [0.29, 0.717) is 4.77 Å². The summed E-state index contributed by atoms with van der Waals surface area (Å²) in [6, 6.07) is 19.8. The van der Waals surface area contributed by atoms with Gasteiger partial charge in [-0.05, 0) is 46.1 Å². The number of nitrogens with one attached hydrogen (secondary N) is 1. The highest BCUT2D eigenvalue weighted by Gasteiger charge is 2.14. The fraction of sp³-hybridized carbons (Fsp3) is 0. The molecule has 3 rings (SSSR count). The van der Waals surface area contributed by atoms with Gasteiger partial charge < -0.3 is 0 Å². The van der Waals surface area contributed by atoms with Crippen molar-refractivity contribution in [3.05, 3.63) is 65.4 Å². The fourth-order valence-corrected chi connectivity index (χ4v) is 1.93. The molecule has 0 saturated heterocycles. The van der Waals surface area contributed by atoms with Gasteiger partial charge in [-0.2, -0.15) is 0 Å². The van der Waals surface area contributed by atoms with Crippen molar-refractivity contribution >= 4 is 12.2 Å². The summed E-state index contributed by atoms with van der Waals surface area (Å²) in [7, 11) is 0. The number of aromatic amines is 1. The third-order valence-corrected chi connectivity index (χ3v) is 2.74. The Balaban J connectivity index is 2.21. The molecule has 0 unspecified atom stereocenters. The highest BCUT2D eigenvalue weighted by molar-refractivity contribution is 7.71. The Hall–Kier alpha value is -2.27. The number of benzene rings is 2. The van der Waals surface area contributed by atoms with E-state index in [1.807, 2.05) is 65.5 Å².